The molecule has 0 atom stereocenters. The van der Waals surface area contributed by atoms with Gasteiger partial charge < -0.3 is 9.64 Å². The molecule has 2 aromatic carbocycles. The molecule has 0 fully saturated rings. The lowest BCUT2D eigenvalue weighted by Gasteiger charge is -2.17. The fourth-order valence-electron chi connectivity index (χ4n) is 1.96. The minimum atomic E-state index is -0.314. The molecule has 0 saturated heterocycles. The lowest BCUT2D eigenvalue weighted by atomic mass is 10.2. The molecule has 0 unspecified atom stereocenters. The van der Waals surface area contributed by atoms with Crippen molar-refractivity contribution in [2.75, 3.05) is 13.7 Å². The molecule has 116 valence electrons. The Hall–Kier alpha value is -2.07. The Morgan fingerprint density at radius 3 is 2.73 bits per heavy atom. The van der Waals surface area contributed by atoms with Gasteiger partial charge in [-0.15, -0.1) is 0 Å². The first-order chi connectivity index (χ1) is 10.5. The predicted molar refractivity (Wildman–Crippen MR) is 84.6 cm³/mol. The third kappa shape index (κ3) is 4.46. The fourth-order valence-corrected chi connectivity index (χ4v) is 2.08. The van der Waals surface area contributed by atoms with Gasteiger partial charge in [-0.1, -0.05) is 23.7 Å². The fraction of sp³-hybridized carbons (Fsp3) is 0.235. The summed E-state index contributed by atoms with van der Waals surface area (Å²) in [6.45, 7) is 2.12. The average Bonchev–Trinajstić information content (AvgIpc) is 2.48. The van der Waals surface area contributed by atoms with Gasteiger partial charge >= 0.3 is 0 Å². The number of halogens is 2. The molecule has 3 nitrogen and oxygen atoms in total. The van der Waals surface area contributed by atoms with E-state index >= 15 is 0 Å². The van der Waals surface area contributed by atoms with Gasteiger partial charge in [-0.05, 0) is 48.4 Å². The molecule has 0 spiro atoms. The van der Waals surface area contributed by atoms with Crippen molar-refractivity contribution in [3.8, 4) is 5.75 Å². The zero-order valence-electron chi connectivity index (χ0n) is 12.5. The summed E-state index contributed by atoms with van der Waals surface area (Å²) in [6, 6.07) is 11.4. The minimum absolute atomic E-state index is 0.0765. The van der Waals surface area contributed by atoms with E-state index in [4.69, 9.17) is 16.3 Å². The Labute approximate surface area is 134 Å². The quantitative estimate of drug-likeness (QED) is 0.837. The third-order valence-electron chi connectivity index (χ3n) is 3.23. The Morgan fingerprint density at radius 1 is 1.27 bits per heavy atom. The lowest BCUT2D eigenvalue weighted by Crippen LogP contribution is -2.31. The normalized spacial score (nSPS) is 10.4. The smallest absolute Gasteiger partial charge is 0.260 e. The summed E-state index contributed by atoms with van der Waals surface area (Å²) in [4.78, 5) is 13.5. The molecule has 0 aliphatic carbocycles. The minimum Gasteiger partial charge on any atom is -0.484 e. The van der Waals surface area contributed by atoms with Crippen molar-refractivity contribution >= 4 is 17.5 Å². The number of ether oxygens (including phenoxy) is 1. The number of aryl methyl sites for hydroxylation is 1. The number of hydrogen-bond donors (Lipinski definition) is 0. The number of nitrogens with zero attached hydrogens (tertiary/aromatic N) is 1. The molecule has 0 aliphatic rings. The highest BCUT2D eigenvalue weighted by molar-refractivity contribution is 6.31. The molecule has 0 bridgehead atoms. The summed E-state index contributed by atoms with van der Waals surface area (Å²) in [5.41, 5.74) is 1.62. The molecule has 0 N–H and O–H groups in total. The highest BCUT2D eigenvalue weighted by Gasteiger charge is 2.11. The maximum absolute atomic E-state index is 13.1. The number of amides is 1. The Kier molecular flexibility index (Phi) is 5.39. The van der Waals surface area contributed by atoms with Crippen molar-refractivity contribution in [2.24, 2.45) is 0 Å². The van der Waals surface area contributed by atoms with Crippen molar-refractivity contribution in [2.45, 2.75) is 13.5 Å². The van der Waals surface area contributed by atoms with Gasteiger partial charge in [0.05, 0.1) is 0 Å². The van der Waals surface area contributed by atoms with Crippen molar-refractivity contribution in [1.29, 1.82) is 0 Å². The van der Waals surface area contributed by atoms with Gasteiger partial charge in [0.25, 0.3) is 5.91 Å². The van der Waals surface area contributed by atoms with E-state index < -0.39 is 0 Å². The van der Waals surface area contributed by atoms with Crippen molar-refractivity contribution in [3.05, 3.63) is 64.4 Å². The Bertz CT molecular complexity index is 675. The molecule has 1 amide bonds. The highest BCUT2D eigenvalue weighted by atomic mass is 35.5. The van der Waals surface area contributed by atoms with E-state index in [-0.39, 0.29) is 18.3 Å². The molecule has 0 heterocycles. The maximum atomic E-state index is 13.1. The van der Waals surface area contributed by atoms with Crippen LogP contribution in [-0.4, -0.2) is 24.5 Å². The van der Waals surface area contributed by atoms with E-state index in [1.807, 2.05) is 6.92 Å². The monoisotopic (exact) mass is 321 g/mol. The van der Waals surface area contributed by atoms with E-state index in [9.17, 15) is 9.18 Å². The summed E-state index contributed by atoms with van der Waals surface area (Å²) in [5, 5.41) is 0.655. The van der Waals surface area contributed by atoms with E-state index in [1.165, 1.54) is 17.0 Å². The molecule has 22 heavy (non-hydrogen) atoms. The number of hydrogen-bond acceptors (Lipinski definition) is 2. The second kappa shape index (κ2) is 7.27. The van der Waals surface area contributed by atoms with Crippen LogP contribution in [0.5, 0.6) is 5.75 Å². The molecule has 0 aliphatic heterocycles. The van der Waals surface area contributed by atoms with Crippen LogP contribution in [0.2, 0.25) is 5.02 Å². The largest absolute Gasteiger partial charge is 0.484 e. The van der Waals surface area contributed by atoms with Gasteiger partial charge in [0.1, 0.15) is 11.6 Å². The van der Waals surface area contributed by atoms with Crippen LogP contribution in [0.1, 0.15) is 11.1 Å². The number of rotatable bonds is 5. The number of benzene rings is 2. The van der Waals surface area contributed by atoms with Crippen molar-refractivity contribution < 1.29 is 13.9 Å². The first kappa shape index (κ1) is 16.3. The lowest BCUT2D eigenvalue weighted by molar-refractivity contribution is -0.132. The van der Waals surface area contributed by atoms with E-state index in [1.54, 1.807) is 37.4 Å². The number of carbonyl (C=O) groups excluding carboxylic acids is 1. The van der Waals surface area contributed by atoms with Crippen LogP contribution in [0.25, 0.3) is 0 Å². The molecular formula is C17H17ClFNO2. The first-order valence-electron chi connectivity index (χ1n) is 6.83. The van der Waals surface area contributed by atoms with E-state index in [0.717, 1.165) is 11.1 Å². The summed E-state index contributed by atoms with van der Waals surface area (Å²) >= 11 is 5.94. The molecule has 0 saturated carbocycles. The average molecular weight is 322 g/mol. The Morgan fingerprint density at radius 2 is 2.05 bits per heavy atom. The first-order valence-corrected chi connectivity index (χ1v) is 7.21. The van der Waals surface area contributed by atoms with Crippen molar-refractivity contribution in [3.63, 3.8) is 0 Å². The molecule has 0 radical (unpaired) electrons. The SMILES string of the molecule is Cc1cc(OCC(=O)N(C)Cc2cccc(F)c2)ccc1Cl. The van der Waals surface area contributed by atoms with Crippen molar-refractivity contribution in [1.82, 2.24) is 4.90 Å². The molecular weight excluding hydrogens is 305 g/mol. The van der Waals surface area contributed by atoms with E-state index in [2.05, 4.69) is 0 Å². The summed E-state index contributed by atoms with van der Waals surface area (Å²) in [5.74, 6) is 0.0949. The van der Waals surface area contributed by atoms with Crippen LogP contribution in [0.3, 0.4) is 0 Å². The van der Waals surface area contributed by atoms with Gasteiger partial charge in [0, 0.05) is 18.6 Å². The van der Waals surface area contributed by atoms with E-state index in [0.29, 0.717) is 17.3 Å². The van der Waals surface area contributed by atoms with Crippen LogP contribution >= 0.6 is 11.6 Å². The Balaban J connectivity index is 1.89. The highest BCUT2D eigenvalue weighted by Crippen LogP contribution is 2.21. The van der Waals surface area contributed by atoms with Gasteiger partial charge in [-0.3, -0.25) is 4.79 Å². The predicted octanol–water partition coefficient (Wildman–Crippen LogP) is 3.82. The van der Waals surface area contributed by atoms with Crippen LogP contribution in [0.4, 0.5) is 4.39 Å². The van der Waals surface area contributed by atoms with Gasteiger partial charge in [0.2, 0.25) is 0 Å². The summed E-state index contributed by atoms with van der Waals surface area (Å²) in [6.07, 6.45) is 0. The summed E-state index contributed by atoms with van der Waals surface area (Å²) < 4.78 is 18.6. The standard InChI is InChI=1S/C17H17ClFNO2/c1-12-8-15(6-7-16(12)18)22-11-17(21)20(2)10-13-4-3-5-14(19)9-13/h3-9H,10-11H2,1-2H3. The second-order valence-electron chi connectivity index (χ2n) is 5.08. The topological polar surface area (TPSA) is 29.5 Å². The zero-order valence-corrected chi connectivity index (χ0v) is 13.2. The van der Waals surface area contributed by atoms with Crippen LogP contribution in [0, 0.1) is 12.7 Å². The van der Waals surface area contributed by atoms with Crippen LogP contribution in [-0.2, 0) is 11.3 Å². The number of likely N-dealkylation sites (N-methyl/N-ethyl adjacent to an activating group) is 1. The van der Waals surface area contributed by atoms with Gasteiger partial charge in [0.15, 0.2) is 6.61 Å². The van der Waals surface area contributed by atoms with Crippen LogP contribution in [0.15, 0.2) is 42.5 Å². The second-order valence-corrected chi connectivity index (χ2v) is 5.49. The molecule has 0 aromatic heterocycles. The molecule has 5 heteroatoms. The molecule has 2 rings (SSSR count). The number of carbonyl (C=O) groups is 1. The van der Waals surface area contributed by atoms with Crippen LogP contribution < -0.4 is 4.74 Å². The molecule has 2 aromatic rings. The maximum Gasteiger partial charge on any atom is 0.260 e. The third-order valence-corrected chi connectivity index (χ3v) is 3.65. The summed E-state index contributed by atoms with van der Waals surface area (Å²) in [7, 11) is 1.66. The van der Waals surface area contributed by atoms with Gasteiger partial charge in [-0.25, -0.2) is 4.39 Å². The van der Waals surface area contributed by atoms with Gasteiger partial charge in [-0.2, -0.15) is 0 Å². The zero-order chi connectivity index (χ0) is 16.1.